The first-order chi connectivity index (χ1) is 9.95. The van der Waals surface area contributed by atoms with Crippen molar-refractivity contribution in [3.8, 4) is 5.75 Å². The van der Waals surface area contributed by atoms with Crippen molar-refractivity contribution in [1.82, 2.24) is 0 Å². The van der Waals surface area contributed by atoms with Gasteiger partial charge < -0.3 is 10.5 Å². The van der Waals surface area contributed by atoms with Crippen LogP contribution in [0.15, 0.2) is 52.7 Å². The van der Waals surface area contributed by atoms with Crippen LogP contribution in [0.5, 0.6) is 5.75 Å². The highest BCUT2D eigenvalue weighted by molar-refractivity contribution is 9.10. The summed E-state index contributed by atoms with van der Waals surface area (Å²) in [4.78, 5) is 11.5. The highest BCUT2D eigenvalue weighted by Gasteiger charge is 2.09. The minimum absolute atomic E-state index is 0.00992. The van der Waals surface area contributed by atoms with Gasteiger partial charge in [-0.15, -0.1) is 0 Å². The quantitative estimate of drug-likeness (QED) is 0.613. The number of hydrogen-bond acceptors (Lipinski definition) is 2. The molecule has 2 aromatic rings. The summed E-state index contributed by atoms with van der Waals surface area (Å²) in [5.41, 5.74) is 5.99. The van der Waals surface area contributed by atoms with Crippen molar-refractivity contribution in [3.63, 3.8) is 0 Å². The maximum atomic E-state index is 11.5. The molecule has 1 amide bonds. The number of primary amides is 1. The topological polar surface area (TPSA) is 52.3 Å². The predicted molar refractivity (Wildman–Crippen MR) is 88.4 cm³/mol. The molecule has 0 fully saturated rings. The van der Waals surface area contributed by atoms with Gasteiger partial charge in [0.05, 0.1) is 10.0 Å². The second-order valence-corrected chi connectivity index (χ2v) is 5.83. The lowest BCUT2D eigenvalue weighted by atomic mass is 10.2. The predicted octanol–water partition coefficient (Wildman–Crippen LogP) is 4.66. The molecule has 0 aliphatic carbocycles. The molecule has 2 aromatic carbocycles. The molecule has 108 valence electrons. The number of carbonyl (C=O) groups is 1. The van der Waals surface area contributed by atoms with E-state index < -0.39 is 5.91 Å². The average molecular weight is 387 g/mol. The van der Waals surface area contributed by atoms with Crippen LogP contribution in [-0.4, -0.2) is 5.91 Å². The Labute approximate surface area is 140 Å². The maximum absolute atomic E-state index is 11.5. The Balaban J connectivity index is 2.29. The van der Waals surface area contributed by atoms with Crippen molar-refractivity contribution < 1.29 is 9.53 Å². The summed E-state index contributed by atoms with van der Waals surface area (Å²) in [6, 6.07) is 12.0. The number of nitrogens with two attached hydrogens (primary N) is 1. The van der Waals surface area contributed by atoms with Crippen LogP contribution in [0.2, 0.25) is 10.0 Å². The molecule has 3 nitrogen and oxygen atoms in total. The molecule has 2 rings (SSSR count). The van der Waals surface area contributed by atoms with Crippen LogP contribution in [-0.2, 0) is 4.79 Å². The van der Waals surface area contributed by atoms with E-state index in [-0.39, 0.29) is 5.76 Å². The van der Waals surface area contributed by atoms with Crippen LogP contribution in [0.25, 0.3) is 6.08 Å². The molecular weight excluding hydrogens is 377 g/mol. The molecule has 0 bridgehead atoms. The Morgan fingerprint density at radius 2 is 1.76 bits per heavy atom. The van der Waals surface area contributed by atoms with Gasteiger partial charge in [-0.05, 0) is 48.0 Å². The number of carbonyl (C=O) groups excluding carboxylic acids is 1. The van der Waals surface area contributed by atoms with Crippen molar-refractivity contribution in [3.05, 3.63) is 68.3 Å². The van der Waals surface area contributed by atoms with Crippen LogP contribution in [0, 0.1) is 0 Å². The minimum atomic E-state index is -0.677. The lowest BCUT2D eigenvalue weighted by Gasteiger charge is -2.07. The summed E-state index contributed by atoms with van der Waals surface area (Å²) in [5, 5.41) is 0.821. The van der Waals surface area contributed by atoms with Gasteiger partial charge >= 0.3 is 0 Å². The van der Waals surface area contributed by atoms with E-state index in [1.807, 2.05) is 0 Å². The number of ether oxygens (including phenoxy) is 1. The van der Waals surface area contributed by atoms with Crippen molar-refractivity contribution in [2.24, 2.45) is 5.73 Å². The fraction of sp³-hybridized carbons (Fsp3) is 0. The van der Waals surface area contributed by atoms with Gasteiger partial charge in [0.15, 0.2) is 5.76 Å². The lowest BCUT2D eigenvalue weighted by molar-refractivity contribution is -0.116. The third kappa shape index (κ3) is 4.49. The average Bonchev–Trinajstić information content (AvgIpc) is 2.44. The zero-order chi connectivity index (χ0) is 15.4. The molecule has 21 heavy (non-hydrogen) atoms. The molecule has 2 N–H and O–H groups in total. The second-order valence-electron chi connectivity index (χ2n) is 4.10. The normalized spacial score (nSPS) is 11.3. The summed E-state index contributed by atoms with van der Waals surface area (Å²) in [6.45, 7) is 0. The van der Waals surface area contributed by atoms with Crippen molar-refractivity contribution in [2.45, 2.75) is 0 Å². The Hall–Kier alpha value is -1.49. The van der Waals surface area contributed by atoms with Gasteiger partial charge in [0, 0.05) is 4.47 Å². The van der Waals surface area contributed by atoms with Gasteiger partial charge in [0.25, 0.3) is 5.91 Å². The van der Waals surface area contributed by atoms with Gasteiger partial charge in [0.1, 0.15) is 5.75 Å². The minimum Gasteiger partial charge on any atom is -0.452 e. The zero-order valence-electron chi connectivity index (χ0n) is 10.6. The maximum Gasteiger partial charge on any atom is 0.284 e. The van der Waals surface area contributed by atoms with E-state index >= 15 is 0 Å². The number of rotatable bonds is 4. The summed E-state index contributed by atoms with van der Waals surface area (Å²) in [7, 11) is 0. The van der Waals surface area contributed by atoms with E-state index in [9.17, 15) is 4.79 Å². The van der Waals surface area contributed by atoms with Crippen LogP contribution < -0.4 is 10.5 Å². The van der Waals surface area contributed by atoms with E-state index in [0.29, 0.717) is 21.4 Å². The zero-order valence-corrected chi connectivity index (χ0v) is 13.7. The Morgan fingerprint density at radius 3 is 2.33 bits per heavy atom. The van der Waals surface area contributed by atoms with Gasteiger partial charge in [-0.1, -0.05) is 45.2 Å². The summed E-state index contributed by atoms with van der Waals surface area (Å²) < 4.78 is 6.40. The number of benzene rings is 2. The molecule has 0 aliphatic heterocycles. The Morgan fingerprint density at radius 1 is 1.10 bits per heavy atom. The van der Waals surface area contributed by atoms with E-state index in [2.05, 4.69) is 15.9 Å². The fourth-order valence-corrected chi connectivity index (χ4v) is 2.10. The summed E-state index contributed by atoms with van der Waals surface area (Å²) in [6.07, 6.45) is 1.51. The number of amides is 1. The first-order valence-electron chi connectivity index (χ1n) is 5.85. The molecule has 0 aromatic heterocycles. The van der Waals surface area contributed by atoms with Gasteiger partial charge in [-0.2, -0.15) is 0 Å². The van der Waals surface area contributed by atoms with E-state index in [1.54, 1.807) is 42.5 Å². The molecule has 0 heterocycles. The van der Waals surface area contributed by atoms with Crippen LogP contribution in [0.4, 0.5) is 0 Å². The first-order valence-corrected chi connectivity index (χ1v) is 7.40. The lowest BCUT2D eigenvalue weighted by Crippen LogP contribution is -2.18. The van der Waals surface area contributed by atoms with Crippen LogP contribution >= 0.6 is 39.1 Å². The van der Waals surface area contributed by atoms with Gasteiger partial charge in [-0.25, -0.2) is 0 Å². The Bertz CT molecular complexity index is 699. The molecule has 0 saturated heterocycles. The SMILES string of the molecule is NC(=O)/C(=C/c1ccc(Cl)c(Cl)c1)Oc1ccc(Br)cc1. The molecule has 0 spiro atoms. The highest BCUT2D eigenvalue weighted by Crippen LogP contribution is 2.24. The molecule has 0 unspecified atom stereocenters. The molecule has 0 radical (unpaired) electrons. The first kappa shape index (κ1) is 15.9. The molecule has 0 saturated carbocycles. The smallest absolute Gasteiger partial charge is 0.284 e. The van der Waals surface area contributed by atoms with Crippen molar-refractivity contribution in [2.75, 3.05) is 0 Å². The third-order valence-corrected chi connectivity index (χ3v) is 3.79. The number of halogens is 3. The highest BCUT2D eigenvalue weighted by atomic mass is 79.9. The molecular formula is C15H10BrCl2NO2. The van der Waals surface area contributed by atoms with Crippen molar-refractivity contribution in [1.29, 1.82) is 0 Å². The van der Waals surface area contributed by atoms with E-state index in [1.165, 1.54) is 6.08 Å². The van der Waals surface area contributed by atoms with Crippen LogP contribution in [0.1, 0.15) is 5.56 Å². The largest absolute Gasteiger partial charge is 0.452 e. The van der Waals surface area contributed by atoms with E-state index in [0.717, 1.165) is 4.47 Å². The summed E-state index contributed by atoms with van der Waals surface area (Å²) >= 11 is 15.1. The van der Waals surface area contributed by atoms with Gasteiger partial charge in [0.2, 0.25) is 0 Å². The number of hydrogen-bond donors (Lipinski definition) is 1. The summed E-state index contributed by atoms with van der Waals surface area (Å²) in [5.74, 6) is -0.164. The molecule has 0 aliphatic rings. The van der Waals surface area contributed by atoms with Crippen molar-refractivity contribution >= 4 is 51.1 Å². The Kier molecular flexibility index (Phi) is 5.28. The monoisotopic (exact) mass is 385 g/mol. The van der Waals surface area contributed by atoms with Crippen LogP contribution in [0.3, 0.4) is 0 Å². The molecule has 0 atom stereocenters. The standard InChI is InChI=1S/C15H10BrCl2NO2/c16-10-2-4-11(5-3-10)21-14(15(19)20)8-9-1-6-12(17)13(18)7-9/h1-8H,(H2,19,20)/b14-8-. The second kappa shape index (κ2) is 6.98. The molecule has 6 heteroatoms. The fourth-order valence-electron chi connectivity index (χ4n) is 1.53. The van der Waals surface area contributed by atoms with E-state index in [4.69, 9.17) is 33.7 Å². The van der Waals surface area contributed by atoms with Gasteiger partial charge in [-0.3, -0.25) is 4.79 Å². The third-order valence-electron chi connectivity index (χ3n) is 2.53.